The van der Waals surface area contributed by atoms with E-state index in [9.17, 15) is 9.90 Å². The van der Waals surface area contributed by atoms with Gasteiger partial charge in [-0.25, -0.2) is 4.98 Å². The van der Waals surface area contributed by atoms with Crippen LogP contribution in [0.2, 0.25) is 5.02 Å². The largest absolute Gasteiger partial charge is 0.481 e. The number of carboxylic acids is 1. The molecule has 0 bridgehead atoms. The third-order valence-electron chi connectivity index (χ3n) is 4.33. The lowest BCUT2D eigenvalue weighted by Gasteiger charge is -2.36. The maximum Gasteiger partial charge on any atom is 0.309 e. The molecule has 0 aliphatic carbocycles. The lowest BCUT2D eigenvalue weighted by atomic mass is 9.80. The molecule has 2 aromatic heterocycles. The number of rotatable bonds is 3. The van der Waals surface area contributed by atoms with Gasteiger partial charge in [-0.2, -0.15) is 0 Å². The molecule has 0 spiro atoms. The molecule has 3 rings (SSSR count). The van der Waals surface area contributed by atoms with Crippen LogP contribution >= 0.6 is 11.6 Å². The van der Waals surface area contributed by atoms with E-state index in [1.165, 1.54) is 0 Å². The van der Waals surface area contributed by atoms with Gasteiger partial charge in [-0.3, -0.25) is 9.69 Å². The number of hydrogen-bond donors (Lipinski definition) is 1. The normalized spacial score (nSPS) is 19.0. The van der Waals surface area contributed by atoms with Crippen molar-refractivity contribution in [2.75, 3.05) is 13.1 Å². The number of halogens is 1. The zero-order valence-electron chi connectivity index (χ0n) is 11.9. The minimum atomic E-state index is -0.690. The molecule has 0 aromatic carbocycles. The van der Waals surface area contributed by atoms with Crippen molar-refractivity contribution < 1.29 is 9.90 Å². The first-order chi connectivity index (χ1) is 9.96. The van der Waals surface area contributed by atoms with Crippen molar-refractivity contribution in [2.45, 2.75) is 26.3 Å². The molecular formula is C15H18ClN3O2. The average Bonchev–Trinajstić information content (AvgIpc) is 2.82. The molecule has 1 aliphatic rings. The summed E-state index contributed by atoms with van der Waals surface area (Å²) in [5.41, 5.74) is 1.28. The van der Waals surface area contributed by atoms with Crippen LogP contribution in [-0.4, -0.2) is 38.4 Å². The molecule has 21 heavy (non-hydrogen) atoms. The highest BCUT2D eigenvalue weighted by molar-refractivity contribution is 6.30. The molecule has 1 aliphatic heterocycles. The number of carboxylic acid groups (broad SMARTS) is 1. The number of carbonyl (C=O) groups is 1. The third kappa shape index (κ3) is 2.89. The topological polar surface area (TPSA) is 57.8 Å². The predicted molar refractivity (Wildman–Crippen MR) is 80.5 cm³/mol. The van der Waals surface area contributed by atoms with Crippen molar-refractivity contribution in [3.8, 4) is 0 Å². The highest BCUT2D eigenvalue weighted by Gasteiger charge is 2.36. The van der Waals surface area contributed by atoms with Crippen LogP contribution in [0.1, 0.15) is 25.5 Å². The maximum atomic E-state index is 11.2. The Morgan fingerprint density at radius 2 is 2.10 bits per heavy atom. The van der Waals surface area contributed by atoms with Crippen LogP contribution in [-0.2, 0) is 11.3 Å². The highest BCUT2D eigenvalue weighted by atomic mass is 35.5. The summed E-state index contributed by atoms with van der Waals surface area (Å²) in [5, 5.41) is 9.93. The molecule has 6 heteroatoms. The molecule has 1 fully saturated rings. The van der Waals surface area contributed by atoms with E-state index >= 15 is 0 Å². The first kappa shape index (κ1) is 14.4. The molecule has 0 radical (unpaired) electrons. The second-order valence-corrected chi connectivity index (χ2v) is 6.42. The maximum absolute atomic E-state index is 11.2. The summed E-state index contributed by atoms with van der Waals surface area (Å²) in [6.07, 6.45) is 5.18. The van der Waals surface area contributed by atoms with Crippen LogP contribution in [0.15, 0.2) is 24.5 Å². The van der Waals surface area contributed by atoms with Gasteiger partial charge in [0.2, 0.25) is 0 Å². The van der Waals surface area contributed by atoms with Gasteiger partial charge in [0, 0.05) is 18.9 Å². The van der Waals surface area contributed by atoms with Crippen molar-refractivity contribution in [1.29, 1.82) is 0 Å². The van der Waals surface area contributed by atoms with Gasteiger partial charge in [0.05, 0.1) is 16.1 Å². The first-order valence-corrected chi connectivity index (χ1v) is 7.43. The lowest BCUT2D eigenvalue weighted by Crippen LogP contribution is -2.42. The Hall–Kier alpha value is -1.59. The summed E-state index contributed by atoms with van der Waals surface area (Å²) in [7, 11) is 0. The van der Waals surface area contributed by atoms with Crippen molar-refractivity contribution in [3.05, 3.63) is 35.2 Å². The summed E-state index contributed by atoms with van der Waals surface area (Å²) < 4.78 is 1.92. The van der Waals surface area contributed by atoms with E-state index in [1.807, 2.05) is 35.9 Å². The molecule has 3 heterocycles. The molecule has 112 valence electrons. The van der Waals surface area contributed by atoms with E-state index < -0.39 is 11.4 Å². The fraction of sp³-hybridized carbons (Fsp3) is 0.467. The minimum Gasteiger partial charge on any atom is -0.481 e. The summed E-state index contributed by atoms with van der Waals surface area (Å²) in [4.78, 5) is 18.1. The minimum absolute atomic E-state index is 0.580. The molecule has 5 nitrogen and oxygen atoms in total. The van der Waals surface area contributed by atoms with Crippen molar-refractivity contribution in [2.24, 2.45) is 5.41 Å². The van der Waals surface area contributed by atoms with Crippen molar-refractivity contribution >= 4 is 23.2 Å². The molecule has 0 unspecified atom stereocenters. The van der Waals surface area contributed by atoms with Gasteiger partial charge in [-0.15, -0.1) is 0 Å². The van der Waals surface area contributed by atoms with E-state index in [2.05, 4.69) is 9.88 Å². The number of nitrogens with zero attached hydrogens (tertiary/aromatic N) is 3. The molecule has 1 saturated heterocycles. The predicted octanol–water partition coefficient (Wildman–Crippen LogP) is 2.67. The van der Waals surface area contributed by atoms with Crippen LogP contribution in [0.25, 0.3) is 5.65 Å². The second kappa shape index (κ2) is 5.31. The number of aromatic nitrogens is 2. The number of aliphatic carboxylic acids is 1. The van der Waals surface area contributed by atoms with Crippen LogP contribution in [0.5, 0.6) is 0 Å². The van der Waals surface area contributed by atoms with Crippen LogP contribution in [0.3, 0.4) is 0 Å². The van der Waals surface area contributed by atoms with Gasteiger partial charge >= 0.3 is 5.97 Å². The molecular weight excluding hydrogens is 290 g/mol. The molecule has 1 N–H and O–H groups in total. The summed E-state index contributed by atoms with van der Waals surface area (Å²) in [6, 6.07) is 3.72. The monoisotopic (exact) mass is 307 g/mol. The van der Waals surface area contributed by atoms with E-state index in [-0.39, 0.29) is 0 Å². The molecule has 0 atom stereocenters. The number of fused-ring (bicyclic) bond motifs is 1. The van der Waals surface area contributed by atoms with E-state index in [4.69, 9.17) is 11.6 Å². The Morgan fingerprint density at radius 3 is 2.76 bits per heavy atom. The van der Waals surface area contributed by atoms with E-state index in [1.54, 1.807) is 0 Å². The van der Waals surface area contributed by atoms with Gasteiger partial charge in [0.1, 0.15) is 5.65 Å². The fourth-order valence-corrected chi connectivity index (χ4v) is 2.91. The molecule has 0 saturated carbocycles. The standard InChI is InChI=1S/C15H18ClN3O2/c1-15(14(20)21)4-6-18(7-5-15)9-12-10-19-8-11(16)2-3-13(19)17-12/h2-3,8,10H,4-7,9H2,1H3,(H,20,21). The summed E-state index contributed by atoms with van der Waals surface area (Å²) in [5.74, 6) is -0.690. The number of pyridine rings is 1. The quantitative estimate of drug-likeness (QED) is 0.947. The van der Waals surface area contributed by atoms with Gasteiger partial charge in [-0.05, 0) is 45.0 Å². The number of imidazole rings is 1. The Bertz CT molecular complexity index is 675. The van der Waals surface area contributed by atoms with Gasteiger partial charge in [-0.1, -0.05) is 11.6 Å². The Labute approximate surface area is 128 Å². The Morgan fingerprint density at radius 1 is 1.38 bits per heavy atom. The summed E-state index contributed by atoms with van der Waals surface area (Å²) >= 11 is 5.97. The van der Waals surface area contributed by atoms with Crippen molar-refractivity contribution in [3.63, 3.8) is 0 Å². The zero-order valence-corrected chi connectivity index (χ0v) is 12.7. The van der Waals surface area contributed by atoms with Crippen LogP contribution < -0.4 is 0 Å². The number of piperidine rings is 1. The first-order valence-electron chi connectivity index (χ1n) is 7.05. The number of hydrogen-bond acceptors (Lipinski definition) is 3. The van der Waals surface area contributed by atoms with Crippen molar-refractivity contribution in [1.82, 2.24) is 14.3 Å². The van der Waals surface area contributed by atoms with Gasteiger partial charge < -0.3 is 9.51 Å². The van der Waals surface area contributed by atoms with Gasteiger partial charge in [0.15, 0.2) is 0 Å². The Kier molecular flexibility index (Phi) is 3.63. The zero-order chi connectivity index (χ0) is 15.0. The van der Waals surface area contributed by atoms with E-state index in [0.717, 1.165) is 31.0 Å². The second-order valence-electron chi connectivity index (χ2n) is 5.99. The average molecular weight is 308 g/mol. The third-order valence-corrected chi connectivity index (χ3v) is 4.55. The number of likely N-dealkylation sites (tertiary alicyclic amines) is 1. The highest BCUT2D eigenvalue weighted by Crippen LogP contribution is 2.31. The van der Waals surface area contributed by atoms with Crippen LogP contribution in [0, 0.1) is 5.41 Å². The summed E-state index contributed by atoms with van der Waals surface area (Å²) in [6.45, 7) is 4.16. The van der Waals surface area contributed by atoms with Crippen LogP contribution in [0.4, 0.5) is 0 Å². The van der Waals surface area contributed by atoms with Gasteiger partial charge in [0.25, 0.3) is 0 Å². The Balaban J connectivity index is 1.68. The smallest absolute Gasteiger partial charge is 0.309 e. The molecule has 2 aromatic rings. The SMILES string of the molecule is CC1(C(=O)O)CCN(Cc2cn3cc(Cl)ccc3n2)CC1. The molecule has 0 amide bonds. The lowest BCUT2D eigenvalue weighted by molar-refractivity contribution is -0.150. The van der Waals surface area contributed by atoms with E-state index in [0.29, 0.717) is 17.9 Å². The fourth-order valence-electron chi connectivity index (χ4n) is 2.74.